The molecule has 1 atom stereocenters. The van der Waals surface area contributed by atoms with Crippen molar-refractivity contribution in [1.82, 2.24) is 0 Å². The first kappa shape index (κ1) is 19.5. The summed E-state index contributed by atoms with van der Waals surface area (Å²) in [4.78, 5) is 2.13. The molecule has 3 aromatic carbocycles. The number of hydrogen-bond acceptors (Lipinski definition) is 3. The van der Waals surface area contributed by atoms with Crippen molar-refractivity contribution in [3.63, 3.8) is 0 Å². The summed E-state index contributed by atoms with van der Waals surface area (Å²) in [7, 11) is -1.29. The summed E-state index contributed by atoms with van der Waals surface area (Å²) in [5.74, 6) is 2.50. The van der Waals surface area contributed by atoms with Crippen molar-refractivity contribution < 1.29 is 9.09 Å². The first-order valence-corrected chi connectivity index (χ1v) is 11.5. The Morgan fingerprint density at radius 1 is 0.897 bits per heavy atom. The van der Waals surface area contributed by atoms with Crippen LogP contribution in [0.5, 0.6) is 5.75 Å². The minimum Gasteiger partial charge on any atom is -0.437 e. The van der Waals surface area contributed by atoms with Crippen molar-refractivity contribution in [3.05, 3.63) is 102 Å². The molecule has 1 aliphatic heterocycles. The van der Waals surface area contributed by atoms with E-state index in [2.05, 4.69) is 36.9 Å². The lowest BCUT2D eigenvalue weighted by molar-refractivity contribution is 0.498. The lowest BCUT2D eigenvalue weighted by Gasteiger charge is -2.27. The summed E-state index contributed by atoms with van der Waals surface area (Å²) < 4.78 is 20.6. The number of allylic oxidation sites excluding steroid dienone is 1. The van der Waals surface area contributed by atoms with Crippen LogP contribution >= 0.6 is 7.37 Å². The van der Waals surface area contributed by atoms with Gasteiger partial charge in [-0.2, -0.15) is 0 Å². The molecule has 3 aromatic rings. The summed E-state index contributed by atoms with van der Waals surface area (Å²) in [5, 5.41) is 0.691. The molecule has 0 aliphatic carbocycles. The van der Waals surface area contributed by atoms with Gasteiger partial charge in [0.25, 0.3) is 0 Å². The maximum atomic E-state index is 14.4. The highest BCUT2D eigenvalue weighted by Crippen LogP contribution is 2.55. The molecule has 0 saturated heterocycles. The maximum Gasteiger partial charge on any atom is 0.301 e. The Hall–Kier alpha value is -2.77. The molecule has 148 valence electrons. The van der Waals surface area contributed by atoms with E-state index in [0.29, 0.717) is 11.1 Å². The molecule has 3 nitrogen and oxygen atoms in total. The van der Waals surface area contributed by atoms with E-state index in [1.807, 2.05) is 80.5 Å². The Labute approximate surface area is 173 Å². The topological polar surface area (TPSA) is 29.5 Å². The Balaban J connectivity index is 1.87. The molecule has 29 heavy (non-hydrogen) atoms. The van der Waals surface area contributed by atoms with Crippen LogP contribution in [0.1, 0.15) is 25.0 Å². The number of fused-ring (bicyclic) bond motifs is 1. The van der Waals surface area contributed by atoms with Gasteiger partial charge in [0, 0.05) is 29.7 Å². The van der Waals surface area contributed by atoms with Gasteiger partial charge < -0.3 is 9.42 Å². The van der Waals surface area contributed by atoms with E-state index >= 15 is 0 Å². The molecule has 4 heteroatoms. The molecular formula is C25H26NO2P. The number of benzene rings is 3. The molecular weight excluding hydrogens is 377 g/mol. The summed E-state index contributed by atoms with van der Waals surface area (Å²) >= 11 is 0. The summed E-state index contributed by atoms with van der Waals surface area (Å²) in [6, 6.07) is 25.5. The Bertz CT molecular complexity index is 1120. The zero-order valence-electron chi connectivity index (χ0n) is 17.3. The van der Waals surface area contributed by atoms with E-state index in [0.717, 1.165) is 16.9 Å². The van der Waals surface area contributed by atoms with Crippen molar-refractivity contribution >= 4 is 18.4 Å². The molecule has 0 aromatic heterocycles. The molecule has 0 N–H and O–H groups in total. The molecule has 0 fully saturated rings. The van der Waals surface area contributed by atoms with Gasteiger partial charge in [-0.1, -0.05) is 68.4 Å². The van der Waals surface area contributed by atoms with Crippen molar-refractivity contribution in [2.24, 2.45) is 0 Å². The maximum absolute atomic E-state index is 14.4. The van der Waals surface area contributed by atoms with Gasteiger partial charge in [0.2, 0.25) is 0 Å². The van der Waals surface area contributed by atoms with Crippen LogP contribution in [0.15, 0.2) is 90.4 Å². The van der Waals surface area contributed by atoms with Crippen LogP contribution in [-0.2, 0) is 9.98 Å². The number of anilines is 1. The molecule has 1 aliphatic rings. The Kier molecular flexibility index (Phi) is 4.88. The van der Waals surface area contributed by atoms with Crippen LogP contribution in [0.25, 0.3) is 0 Å². The molecule has 0 amide bonds. The quantitative estimate of drug-likeness (QED) is 0.483. The lowest BCUT2D eigenvalue weighted by atomic mass is 9.84. The minimum atomic E-state index is -3.32. The van der Waals surface area contributed by atoms with Crippen LogP contribution in [0, 0.1) is 6.92 Å². The monoisotopic (exact) mass is 403 g/mol. The van der Waals surface area contributed by atoms with E-state index < -0.39 is 7.37 Å². The van der Waals surface area contributed by atoms with Gasteiger partial charge in [-0.25, -0.2) is 0 Å². The van der Waals surface area contributed by atoms with Gasteiger partial charge in [-0.05, 0) is 42.3 Å². The second kappa shape index (κ2) is 7.24. The highest BCUT2D eigenvalue weighted by molar-refractivity contribution is 7.70. The van der Waals surface area contributed by atoms with Gasteiger partial charge >= 0.3 is 7.37 Å². The van der Waals surface area contributed by atoms with Crippen LogP contribution in [0.3, 0.4) is 0 Å². The molecule has 1 unspecified atom stereocenters. The summed E-state index contributed by atoms with van der Waals surface area (Å²) in [6.45, 7) is 6.31. The van der Waals surface area contributed by atoms with Crippen LogP contribution in [0.4, 0.5) is 5.69 Å². The predicted molar refractivity (Wildman–Crippen MR) is 121 cm³/mol. The van der Waals surface area contributed by atoms with Crippen LogP contribution in [-0.4, -0.2) is 7.05 Å². The van der Waals surface area contributed by atoms with Gasteiger partial charge in [0.05, 0.1) is 5.30 Å². The summed E-state index contributed by atoms with van der Waals surface area (Å²) in [6.07, 6.45) is 0. The molecule has 0 spiro atoms. The number of aryl methyl sites for hydroxylation is 1. The van der Waals surface area contributed by atoms with Crippen molar-refractivity contribution in [2.75, 3.05) is 11.9 Å². The van der Waals surface area contributed by atoms with Gasteiger partial charge in [-0.15, -0.1) is 0 Å². The smallest absolute Gasteiger partial charge is 0.301 e. The van der Waals surface area contributed by atoms with E-state index in [4.69, 9.17) is 4.52 Å². The average Bonchev–Trinajstić information content (AvgIpc) is 2.91. The second-order valence-electron chi connectivity index (χ2n) is 8.00. The largest absolute Gasteiger partial charge is 0.437 e. The Morgan fingerprint density at radius 2 is 1.52 bits per heavy atom. The van der Waals surface area contributed by atoms with Crippen LogP contribution in [0.2, 0.25) is 0 Å². The van der Waals surface area contributed by atoms with Gasteiger partial charge in [0.15, 0.2) is 0 Å². The number of nitrogens with zero attached hydrogens (tertiary/aromatic N) is 1. The van der Waals surface area contributed by atoms with Crippen molar-refractivity contribution in [1.29, 1.82) is 0 Å². The third-order valence-corrected chi connectivity index (χ3v) is 7.75. The van der Waals surface area contributed by atoms with Crippen molar-refractivity contribution in [3.8, 4) is 5.75 Å². The highest BCUT2D eigenvalue weighted by Gasteiger charge is 2.41. The average molecular weight is 403 g/mol. The molecule has 0 radical (unpaired) electrons. The molecule has 4 rings (SSSR count). The van der Waals surface area contributed by atoms with Gasteiger partial charge in [-0.3, -0.25) is 4.57 Å². The number of rotatable bonds is 4. The third-order valence-electron chi connectivity index (χ3n) is 5.68. The van der Waals surface area contributed by atoms with E-state index in [9.17, 15) is 4.57 Å². The predicted octanol–water partition coefficient (Wildman–Crippen LogP) is 6.25. The third kappa shape index (κ3) is 3.41. The molecule has 0 bridgehead atoms. The van der Waals surface area contributed by atoms with Crippen molar-refractivity contribution in [2.45, 2.75) is 26.2 Å². The fraction of sp³-hybridized carbons (Fsp3) is 0.200. The second-order valence-corrected chi connectivity index (χ2v) is 10.2. The van der Waals surface area contributed by atoms with Gasteiger partial charge in [0.1, 0.15) is 5.75 Å². The zero-order valence-corrected chi connectivity index (χ0v) is 18.2. The zero-order chi connectivity index (χ0) is 20.6. The Morgan fingerprint density at radius 3 is 2.21 bits per heavy atom. The fourth-order valence-corrected chi connectivity index (χ4v) is 6.19. The summed E-state index contributed by atoms with van der Waals surface area (Å²) in [5.41, 5.74) is 4.04. The molecule has 1 heterocycles. The first-order chi connectivity index (χ1) is 13.8. The van der Waals surface area contributed by atoms with E-state index in [1.165, 1.54) is 5.56 Å². The van der Waals surface area contributed by atoms with E-state index in [1.54, 1.807) is 0 Å². The number of likely N-dealkylation sites (N-methyl/N-ethyl adjacent to an activating group) is 1. The van der Waals surface area contributed by atoms with E-state index in [-0.39, 0.29) is 5.41 Å². The van der Waals surface area contributed by atoms with Crippen LogP contribution < -0.4 is 14.7 Å². The minimum absolute atomic E-state index is 0.273. The standard InChI is InChI=1S/C25H26NO2P/c1-19-12-8-11-17-23(19)28-29(27,20-13-6-5-7-14-20)18-24-25(2,3)21-15-9-10-16-22(21)26(24)4/h5-18H,1-4H3/b24-18+. The molecule has 0 saturated carbocycles. The fourth-order valence-electron chi connectivity index (χ4n) is 3.98. The lowest BCUT2D eigenvalue weighted by Crippen LogP contribution is -2.24. The normalized spacial score (nSPS) is 18.3. The number of hydrogen-bond donors (Lipinski definition) is 0. The first-order valence-electron chi connectivity index (χ1n) is 9.80. The number of para-hydroxylation sites is 2. The highest BCUT2D eigenvalue weighted by atomic mass is 31.2. The SMILES string of the molecule is Cc1ccccc1OP(=O)(/C=C1/N(C)c2ccccc2C1(C)C)c1ccccc1.